The van der Waals surface area contributed by atoms with Crippen molar-refractivity contribution >= 4 is 27.4 Å². The van der Waals surface area contributed by atoms with E-state index in [4.69, 9.17) is 0 Å². The van der Waals surface area contributed by atoms with Gasteiger partial charge in [-0.3, -0.25) is 4.98 Å². The molecule has 20 heavy (non-hydrogen) atoms. The Kier molecular flexibility index (Phi) is 4.36. The van der Waals surface area contributed by atoms with Crippen molar-refractivity contribution in [1.29, 1.82) is 0 Å². The molecule has 1 rings (SSSR count). The van der Waals surface area contributed by atoms with Gasteiger partial charge in [0.05, 0.1) is 11.7 Å². The second kappa shape index (κ2) is 5.21. The predicted molar refractivity (Wildman–Crippen MR) is 52.0 cm³/mol. The number of hydrogen-bond donors (Lipinski definition) is 0. The maximum atomic E-state index is 13.0. The number of aromatic nitrogens is 1. The largest absolute Gasteiger partial charge is 0.743 e. The molecule has 1 aromatic rings. The van der Waals surface area contributed by atoms with Gasteiger partial charge in [-0.05, 0) is 0 Å². The molecule has 0 saturated heterocycles. The van der Waals surface area contributed by atoms with Crippen LogP contribution >= 0.6 is 11.3 Å². The SMILES string of the molecule is O=C(OC(C(F)(F)F)C(F)(F)S(=O)(=O)[O-])c1cncs1. The number of ether oxygens (including phenoxy) is 1. The smallest absolute Gasteiger partial charge is 0.432 e. The molecule has 114 valence electrons. The van der Waals surface area contributed by atoms with E-state index >= 15 is 0 Å². The minimum Gasteiger partial charge on any atom is -0.743 e. The van der Waals surface area contributed by atoms with Crippen LogP contribution < -0.4 is 0 Å². The van der Waals surface area contributed by atoms with E-state index in [1.807, 2.05) is 0 Å². The summed E-state index contributed by atoms with van der Waals surface area (Å²) >= 11 is 0.476. The fourth-order valence-corrected chi connectivity index (χ4v) is 1.88. The summed E-state index contributed by atoms with van der Waals surface area (Å²) in [4.78, 5) is 13.9. The molecule has 6 nitrogen and oxygen atoms in total. The molecule has 0 spiro atoms. The number of carbonyl (C=O) groups is 1. The number of carbonyl (C=O) groups excluding carboxylic acids is 1. The lowest BCUT2D eigenvalue weighted by Gasteiger charge is -2.29. The zero-order valence-corrected chi connectivity index (χ0v) is 10.6. The number of thiazole rings is 1. The van der Waals surface area contributed by atoms with Crippen molar-refractivity contribution < 1.29 is 44.5 Å². The standard InChI is InChI=1S/C7H4F5NO5S2/c8-6(9,10)5(7(11,12)20(15,16)17)18-4(14)3-1-13-2-19-3/h1-2,5H,(H,15,16,17)/p-1. The quantitative estimate of drug-likeness (QED) is 0.467. The van der Waals surface area contributed by atoms with E-state index in [2.05, 4.69) is 9.72 Å². The van der Waals surface area contributed by atoms with Gasteiger partial charge in [0, 0.05) is 0 Å². The van der Waals surface area contributed by atoms with Crippen LogP contribution in [-0.4, -0.2) is 41.5 Å². The van der Waals surface area contributed by atoms with Crippen molar-refractivity contribution in [2.45, 2.75) is 17.5 Å². The molecule has 0 aliphatic carbocycles. The van der Waals surface area contributed by atoms with Crippen LogP contribution in [0.25, 0.3) is 0 Å². The molecular formula is C7H3F5NO5S2-. The normalized spacial score (nSPS) is 14.9. The fourth-order valence-electron chi connectivity index (χ4n) is 0.939. The van der Waals surface area contributed by atoms with Crippen LogP contribution in [0, 0.1) is 0 Å². The Morgan fingerprint density at radius 1 is 1.35 bits per heavy atom. The Morgan fingerprint density at radius 2 is 1.90 bits per heavy atom. The molecule has 0 radical (unpaired) electrons. The van der Waals surface area contributed by atoms with Gasteiger partial charge in [0.2, 0.25) is 0 Å². The third kappa shape index (κ3) is 3.40. The van der Waals surface area contributed by atoms with E-state index in [0.717, 1.165) is 11.7 Å². The Bertz CT molecular complexity index is 581. The Morgan fingerprint density at radius 3 is 2.25 bits per heavy atom. The van der Waals surface area contributed by atoms with Gasteiger partial charge in [0.15, 0.2) is 10.1 Å². The van der Waals surface area contributed by atoms with Crippen molar-refractivity contribution in [2.24, 2.45) is 0 Å². The average Bonchev–Trinajstić information content (AvgIpc) is 2.75. The van der Waals surface area contributed by atoms with Crippen molar-refractivity contribution in [1.82, 2.24) is 4.98 Å². The summed E-state index contributed by atoms with van der Waals surface area (Å²) in [5, 5.41) is -5.86. The predicted octanol–water partition coefficient (Wildman–Crippen LogP) is 1.37. The molecule has 13 heteroatoms. The zero-order chi connectivity index (χ0) is 15.8. The van der Waals surface area contributed by atoms with Crippen LogP contribution in [-0.2, 0) is 14.9 Å². The van der Waals surface area contributed by atoms with Crippen molar-refractivity contribution in [3.63, 3.8) is 0 Å². The van der Waals surface area contributed by atoms with Gasteiger partial charge >= 0.3 is 17.4 Å². The highest BCUT2D eigenvalue weighted by atomic mass is 32.2. The first kappa shape index (κ1) is 16.7. The molecule has 1 unspecified atom stereocenters. The molecule has 1 aromatic heterocycles. The van der Waals surface area contributed by atoms with Crippen LogP contribution in [0.15, 0.2) is 11.7 Å². The topological polar surface area (TPSA) is 96.4 Å². The molecular weight excluding hydrogens is 337 g/mol. The van der Waals surface area contributed by atoms with E-state index < -0.39 is 38.5 Å². The minimum absolute atomic E-state index is 0.476. The summed E-state index contributed by atoms with van der Waals surface area (Å²) in [6, 6.07) is 0. The van der Waals surface area contributed by atoms with Crippen molar-refractivity contribution in [3.8, 4) is 0 Å². The second-order valence-corrected chi connectivity index (χ2v) is 5.55. The van der Waals surface area contributed by atoms with Crippen LogP contribution in [0.1, 0.15) is 9.67 Å². The van der Waals surface area contributed by atoms with Crippen LogP contribution in [0.3, 0.4) is 0 Å². The average molecular weight is 340 g/mol. The molecule has 0 aliphatic heterocycles. The lowest BCUT2D eigenvalue weighted by atomic mass is 10.3. The van der Waals surface area contributed by atoms with Gasteiger partial charge in [-0.1, -0.05) is 0 Å². The first-order chi connectivity index (χ1) is 8.87. The summed E-state index contributed by atoms with van der Waals surface area (Å²) in [6.07, 6.45) is -9.64. The van der Waals surface area contributed by atoms with Gasteiger partial charge < -0.3 is 9.29 Å². The molecule has 1 atom stereocenters. The third-order valence-electron chi connectivity index (χ3n) is 1.79. The summed E-state index contributed by atoms with van der Waals surface area (Å²) in [6.45, 7) is 0. The summed E-state index contributed by atoms with van der Waals surface area (Å²) in [7, 11) is -6.69. The summed E-state index contributed by atoms with van der Waals surface area (Å²) in [5.41, 5.74) is 1.00. The molecule has 0 saturated carbocycles. The maximum absolute atomic E-state index is 13.0. The summed E-state index contributed by atoms with van der Waals surface area (Å²) < 4.78 is 97.1. The number of alkyl halides is 5. The Balaban J connectivity index is 3.13. The molecule has 0 N–H and O–H groups in total. The lowest BCUT2D eigenvalue weighted by molar-refractivity contribution is -0.248. The molecule has 0 fully saturated rings. The number of esters is 1. The fraction of sp³-hybridized carbons (Fsp3) is 0.429. The van der Waals surface area contributed by atoms with Gasteiger partial charge in [-0.2, -0.15) is 22.0 Å². The zero-order valence-electron chi connectivity index (χ0n) is 8.93. The molecule has 0 amide bonds. The number of nitrogens with zero attached hydrogens (tertiary/aromatic N) is 1. The monoisotopic (exact) mass is 340 g/mol. The number of halogens is 5. The Labute approximate surface area is 111 Å². The van der Waals surface area contributed by atoms with Crippen molar-refractivity contribution in [2.75, 3.05) is 0 Å². The van der Waals surface area contributed by atoms with E-state index in [1.165, 1.54) is 0 Å². The van der Waals surface area contributed by atoms with Crippen molar-refractivity contribution in [3.05, 3.63) is 16.6 Å². The van der Waals surface area contributed by atoms with Crippen LogP contribution in [0.5, 0.6) is 0 Å². The van der Waals surface area contributed by atoms with Crippen LogP contribution in [0.4, 0.5) is 22.0 Å². The first-order valence-corrected chi connectivity index (χ1v) is 6.65. The first-order valence-electron chi connectivity index (χ1n) is 4.37. The highest BCUT2D eigenvalue weighted by Gasteiger charge is 2.63. The summed E-state index contributed by atoms with van der Waals surface area (Å²) in [5.74, 6) is -1.88. The third-order valence-corrected chi connectivity index (χ3v) is 3.43. The van der Waals surface area contributed by atoms with E-state index in [-0.39, 0.29) is 0 Å². The molecule has 0 bridgehead atoms. The maximum Gasteiger partial charge on any atom is 0.432 e. The van der Waals surface area contributed by atoms with E-state index in [9.17, 15) is 39.7 Å². The highest BCUT2D eigenvalue weighted by molar-refractivity contribution is 7.86. The van der Waals surface area contributed by atoms with Gasteiger partial charge in [-0.15, -0.1) is 11.3 Å². The molecule has 1 heterocycles. The van der Waals surface area contributed by atoms with Crippen LogP contribution in [0.2, 0.25) is 0 Å². The Hall–Kier alpha value is -1.34. The number of hydrogen-bond acceptors (Lipinski definition) is 7. The lowest BCUT2D eigenvalue weighted by Crippen LogP contribution is -2.52. The number of rotatable bonds is 4. The minimum atomic E-state index is -6.69. The van der Waals surface area contributed by atoms with Gasteiger partial charge in [0.25, 0.3) is 6.10 Å². The van der Waals surface area contributed by atoms with Gasteiger partial charge in [-0.25, -0.2) is 13.2 Å². The van der Waals surface area contributed by atoms with E-state index in [1.54, 1.807) is 0 Å². The highest BCUT2D eigenvalue weighted by Crippen LogP contribution is 2.38. The molecule has 0 aliphatic rings. The molecule has 0 aromatic carbocycles. The van der Waals surface area contributed by atoms with Gasteiger partial charge in [0.1, 0.15) is 4.88 Å². The second-order valence-electron chi connectivity index (χ2n) is 3.21. The van der Waals surface area contributed by atoms with E-state index in [0.29, 0.717) is 11.3 Å².